The highest BCUT2D eigenvalue weighted by Gasteiger charge is 2.63. The summed E-state index contributed by atoms with van der Waals surface area (Å²) >= 11 is 10.6. The van der Waals surface area contributed by atoms with Gasteiger partial charge in [-0.3, -0.25) is 19.7 Å². The maximum Gasteiger partial charge on any atom is 0.409 e. The molecule has 20 nitrogen and oxygen atoms in total. The molecule has 3 N–H and O–H groups in total. The molecule has 4 aliphatic heterocycles. The zero-order valence-corrected chi connectivity index (χ0v) is 53.2. The summed E-state index contributed by atoms with van der Waals surface area (Å²) < 4.78 is 46.8. The van der Waals surface area contributed by atoms with Crippen molar-refractivity contribution < 1.29 is 67.0 Å². The van der Waals surface area contributed by atoms with E-state index in [-0.39, 0.29) is 62.3 Å². The number of thioether (sulfide) groups is 2. The standard InChI is InChI=1S/C62H87ClN6O14S2/c1-40-17-16-20-51(77-8)62(75)36-53(82-59(74)67-62)61(4)39-60(3,83-61)52(35-55(71)69(6)49-32-42(31-40)33-50(76-7)56(49)63)81-58(73)41(2)68(5)54(70)23-25-78-27-29-80-30-28-79-26-24-64-57(72)43-21-22-45-46(34-43)66-47(37-84-9)48(65-45)38-85-44-18-14-12-10-11-13-15-19-44/h16-17,20-22,32-34,41,44,51-53,75H,10-15,18-19,23-31,35-39H2,1-9H3,(H,64,72)(H,67,74)/b20-16+,40-17+/t41-,51-,52+,53+,60-,61+,62+/m1/s1. The van der Waals surface area contributed by atoms with Gasteiger partial charge in [-0.2, -0.15) is 23.5 Å². The van der Waals surface area contributed by atoms with E-state index >= 15 is 0 Å². The number of carbonyl (C=O) groups is 5. The van der Waals surface area contributed by atoms with Gasteiger partial charge in [0, 0.05) is 62.9 Å². The zero-order valence-electron chi connectivity index (χ0n) is 50.8. The molecular weight excluding hydrogens is 1150 g/mol. The number of nitrogens with one attached hydrogen (secondary N) is 2. The second-order valence-electron chi connectivity index (χ2n) is 22.9. The molecule has 0 radical (unpaired) electrons. The number of nitrogens with zero attached hydrogens (tertiary/aromatic N) is 4. The summed E-state index contributed by atoms with van der Waals surface area (Å²) in [6.45, 7) is 8.56. The second kappa shape index (κ2) is 31.7. The smallest absolute Gasteiger partial charge is 0.409 e. The number of esters is 1. The quantitative estimate of drug-likeness (QED) is 0.0593. The molecule has 6 bridgehead atoms. The highest BCUT2D eigenvalue weighted by molar-refractivity contribution is 7.99. The Kier molecular flexibility index (Phi) is 25.2. The third-order valence-electron chi connectivity index (χ3n) is 16.3. The van der Waals surface area contributed by atoms with Crippen LogP contribution in [-0.4, -0.2) is 177 Å². The Morgan fingerprint density at radius 1 is 0.929 bits per heavy atom. The number of aromatic nitrogens is 2. The molecule has 1 saturated carbocycles. The lowest BCUT2D eigenvalue weighted by Crippen LogP contribution is -2.72. The molecule has 5 heterocycles. The number of ether oxygens (including phenoxy) is 8. The molecule has 1 aromatic heterocycles. The molecule has 3 fully saturated rings. The first-order chi connectivity index (χ1) is 40.7. The lowest BCUT2D eigenvalue weighted by atomic mass is 9.72. The average molecular weight is 1240 g/mol. The largest absolute Gasteiger partial charge is 0.495 e. The van der Waals surface area contributed by atoms with Crippen molar-refractivity contribution in [3.8, 4) is 5.75 Å². The minimum absolute atomic E-state index is 0.0410. The number of amides is 4. The van der Waals surface area contributed by atoms with Crippen LogP contribution in [0, 0.1) is 0 Å². The van der Waals surface area contributed by atoms with Crippen molar-refractivity contribution in [1.29, 1.82) is 0 Å². The fourth-order valence-corrected chi connectivity index (χ4v) is 13.4. The van der Waals surface area contributed by atoms with E-state index in [4.69, 9.17) is 59.5 Å². The fourth-order valence-electron chi connectivity index (χ4n) is 11.3. The maximum atomic E-state index is 14.4. The number of methoxy groups -OCH3 is 2. The Balaban J connectivity index is 0.848. The number of aliphatic hydroxyl groups is 1. The van der Waals surface area contributed by atoms with Crippen LogP contribution >= 0.6 is 35.1 Å². The van der Waals surface area contributed by atoms with Crippen LogP contribution in [0.1, 0.15) is 132 Å². The number of hydrogen-bond acceptors (Lipinski definition) is 18. The third kappa shape index (κ3) is 18.3. The Morgan fingerprint density at radius 3 is 2.27 bits per heavy atom. The van der Waals surface area contributed by atoms with E-state index < -0.39 is 59.3 Å². The fraction of sp³-hybridized carbons (Fsp3) is 0.629. The van der Waals surface area contributed by atoms with Crippen LogP contribution in [0.25, 0.3) is 11.0 Å². The van der Waals surface area contributed by atoms with Gasteiger partial charge in [0.15, 0.2) is 5.72 Å². The summed E-state index contributed by atoms with van der Waals surface area (Å²) in [6, 6.07) is 7.95. The van der Waals surface area contributed by atoms with E-state index in [2.05, 4.69) is 16.9 Å². The number of carbonyl (C=O) groups excluding carboxylic acids is 5. The monoisotopic (exact) mass is 1240 g/mol. The number of rotatable bonds is 23. The van der Waals surface area contributed by atoms with Gasteiger partial charge in [-0.1, -0.05) is 73.9 Å². The zero-order chi connectivity index (χ0) is 61.3. The SMILES string of the molecule is COc1cc2cc(c1Cl)N(C)C(=O)C[C@H](OC(=O)[C@@H](C)N(C)C(=O)CCOCCOCCOCCNC(=O)c1ccc3nc(CSC4CCCCCCCC4)c(CSC)nc3c1)[C@@]1(C)C[C@](C)(O1)[C@@H]1C[C@@](O)(NC(=O)O1)[C@H](OC)/C=C/C=C(\C)C2. The molecule has 3 aromatic rings. The Labute approximate surface area is 513 Å². The van der Waals surface area contributed by atoms with Gasteiger partial charge in [-0.05, 0) is 89.1 Å². The highest BCUT2D eigenvalue weighted by atomic mass is 35.5. The highest BCUT2D eigenvalue weighted by Crippen LogP contribution is 2.51. The first-order valence-electron chi connectivity index (χ1n) is 29.5. The number of fused-ring (bicyclic) bond motifs is 7. The van der Waals surface area contributed by atoms with Crippen LogP contribution in [0.15, 0.2) is 54.1 Å². The molecule has 4 amide bonds. The number of benzene rings is 2. The molecule has 85 heavy (non-hydrogen) atoms. The first kappa shape index (κ1) is 67.5. The second-order valence-corrected chi connectivity index (χ2v) is 25.4. The van der Waals surface area contributed by atoms with Crippen molar-refractivity contribution in [2.24, 2.45) is 0 Å². The van der Waals surface area contributed by atoms with Crippen LogP contribution in [0.5, 0.6) is 5.75 Å². The first-order valence-corrected chi connectivity index (χ1v) is 32.3. The molecular formula is C62H87ClN6O14S2. The van der Waals surface area contributed by atoms with Crippen LogP contribution < -0.4 is 20.3 Å². The molecule has 7 atom stereocenters. The lowest BCUT2D eigenvalue weighted by molar-refractivity contribution is -0.328. The van der Waals surface area contributed by atoms with Gasteiger partial charge >= 0.3 is 12.1 Å². The number of likely N-dealkylation sites (N-methyl/N-ethyl adjacent to an activating group) is 1. The molecule has 0 unspecified atom stereocenters. The van der Waals surface area contributed by atoms with Gasteiger partial charge in [0.05, 0.1) is 87.7 Å². The molecule has 23 heteroatoms. The van der Waals surface area contributed by atoms with Crippen molar-refractivity contribution in [3.63, 3.8) is 0 Å². The van der Waals surface area contributed by atoms with Crippen molar-refractivity contribution in [2.75, 3.05) is 85.7 Å². The number of halogens is 1. The van der Waals surface area contributed by atoms with Gasteiger partial charge in [0.25, 0.3) is 5.91 Å². The van der Waals surface area contributed by atoms with E-state index in [0.29, 0.717) is 60.6 Å². The van der Waals surface area contributed by atoms with Crippen molar-refractivity contribution in [3.05, 3.63) is 81.7 Å². The van der Waals surface area contributed by atoms with Crippen LogP contribution in [0.3, 0.4) is 0 Å². The number of alkyl carbamates (subject to hydrolysis) is 1. The maximum absolute atomic E-state index is 14.4. The Hall–Kier alpha value is -5.04. The molecule has 5 aliphatic rings. The van der Waals surface area contributed by atoms with Crippen LogP contribution in [0.2, 0.25) is 5.02 Å². The van der Waals surface area contributed by atoms with Gasteiger partial charge in [0.1, 0.15) is 46.3 Å². The topological polar surface area (TPSA) is 236 Å². The van der Waals surface area contributed by atoms with E-state index in [9.17, 15) is 29.1 Å². The van der Waals surface area contributed by atoms with Crippen molar-refractivity contribution in [2.45, 2.75) is 169 Å². The van der Waals surface area contributed by atoms with E-state index in [0.717, 1.165) is 39.5 Å². The molecule has 468 valence electrons. The van der Waals surface area contributed by atoms with Gasteiger partial charge in [0.2, 0.25) is 11.8 Å². The normalized spacial score (nSPS) is 25.6. The molecule has 2 aromatic carbocycles. The summed E-state index contributed by atoms with van der Waals surface area (Å²) in [7, 11) is 5.95. The van der Waals surface area contributed by atoms with E-state index in [1.807, 2.05) is 30.8 Å². The van der Waals surface area contributed by atoms with Crippen molar-refractivity contribution >= 4 is 81.6 Å². The summed E-state index contributed by atoms with van der Waals surface area (Å²) in [4.78, 5) is 80.6. The number of allylic oxidation sites excluding steroid dienone is 3. The van der Waals surface area contributed by atoms with E-state index in [1.54, 1.807) is 69.1 Å². The number of anilines is 1. The van der Waals surface area contributed by atoms with Gasteiger partial charge < -0.3 is 58.1 Å². The summed E-state index contributed by atoms with van der Waals surface area (Å²) in [6.07, 6.45) is 13.8. The van der Waals surface area contributed by atoms with Gasteiger partial charge in [-0.25, -0.2) is 19.6 Å². The minimum Gasteiger partial charge on any atom is -0.495 e. The average Bonchev–Trinajstić information content (AvgIpc) is 1.54. The molecule has 0 spiro atoms. The van der Waals surface area contributed by atoms with Gasteiger partial charge in [-0.15, -0.1) is 0 Å². The van der Waals surface area contributed by atoms with Crippen LogP contribution in [0.4, 0.5) is 10.5 Å². The lowest BCUT2D eigenvalue weighted by Gasteiger charge is -2.59. The molecule has 1 aliphatic carbocycles. The third-order valence-corrected chi connectivity index (χ3v) is 18.6. The summed E-state index contributed by atoms with van der Waals surface area (Å²) in [5.74, 6) is 0.0970. The summed E-state index contributed by atoms with van der Waals surface area (Å²) in [5.41, 5.74) is 1.68. The predicted molar refractivity (Wildman–Crippen MR) is 329 cm³/mol. The van der Waals surface area contributed by atoms with E-state index in [1.165, 1.54) is 89.4 Å². The predicted octanol–water partition coefficient (Wildman–Crippen LogP) is 9.07. The Morgan fingerprint density at radius 2 is 1.59 bits per heavy atom. The molecule has 2 saturated heterocycles. The Bertz CT molecular complexity index is 2850. The molecule has 8 rings (SSSR count). The van der Waals surface area contributed by atoms with Crippen molar-refractivity contribution in [1.82, 2.24) is 25.5 Å². The van der Waals surface area contributed by atoms with Crippen LogP contribution in [-0.2, 0) is 65.5 Å². The summed E-state index contributed by atoms with van der Waals surface area (Å²) in [5, 5.41) is 18.2. The minimum atomic E-state index is -1.89. The number of hydrogen-bond donors (Lipinski definition) is 3.